The fourth-order valence-corrected chi connectivity index (χ4v) is 3.80. The summed E-state index contributed by atoms with van der Waals surface area (Å²) in [5.41, 5.74) is 3.27. The highest BCUT2D eigenvalue weighted by atomic mass is 16.7. The monoisotopic (exact) mass is 394 g/mol. The molecule has 7 nitrogen and oxygen atoms in total. The van der Waals surface area contributed by atoms with Gasteiger partial charge in [0.15, 0.2) is 11.5 Å². The van der Waals surface area contributed by atoms with Crippen LogP contribution in [-0.2, 0) is 6.54 Å². The Balaban J connectivity index is 1.12. The molecule has 2 N–H and O–H groups in total. The molecule has 2 fully saturated rings. The summed E-state index contributed by atoms with van der Waals surface area (Å²) >= 11 is 0. The Bertz CT molecular complexity index is 874. The topological polar surface area (TPSA) is 66.1 Å². The molecular weight excluding hydrogens is 368 g/mol. The first-order chi connectivity index (χ1) is 14.2. The molecule has 0 radical (unpaired) electrons. The fourth-order valence-electron chi connectivity index (χ4n) is 3.80. The Hall–Kier alpha value is -2.93. The van der Waals surface area contributed by atoms with E-state index in [1.807, 2.05) is 18.2 Å². The van der Waals surface area contributed by atoms with Crippen LogP contribution in [0.1, 0.15) is 18.4 Å². The summed E-state index contributed by atoms with van der Waals surface area (Å²) in [5.74, 6) is 1.68. The molecule has 2 heterocycles. The van der Waals surface area contributed by atoms with E-state index in [-0.39, 0.29) is 6.03 Å². The third kappa shape index (κ3) is 4.40. The Morgan fingerprint density at radius 1 is 0.966 bits per heavy atom. The molecule has 1 saturated carbocycles. The van der Waals surface area contributed by atoms with Crippen LogP contribution in [0.5, 0.6) is 11.5 Å². The van der Waals surface area contributed by atoms with Crippen LogP contribution < -0.4 is 25.0 Å². The predicted molar refractivity (Wildman–Crippen MR) is 112 cm³/mol. The first-order valence-electron chi connectivity index (χ1n) is 10.3. The number of hydrogen-bond donors (Lipinski definition) is 2. The second kappa shape index (κ2) is 7.83. The molecule has 2 aromatic rings. The van der Waals surface area contributed by atoms with Crippen molar-refractivity contribution in [3.8, 4) is 11.5 Å². The minimum atomic E-state index is -0.114. The first kappa shape index (κ1) is 18.1. The summed E-state index contributed by atoms with van der Waals surface area (Å²) in [5, 5.41) is 5.84. The zero-order valence-electron chi connectivity index (χ0n) is 16.4. The number of urea groups is 1. The van der Waals surface area contributed by atoms with E-state index in [1.54, 1.807) is 0 Å². The highest BCUT2D eigenvalue weighted by Gasteiger charge is 2.23. The largest absolute Gasteiger partial charge is 0.454 e. The number of hydrogen-bond acceptors (Lipinski definition) is 5. The lowest BCUT2D eigenvalue weighted by atomic mass is 10.1. The van der Waals surface area contributed by atoms with E-state index in [4.69, 9.17) is 9.47 Å². The summed E-state index contributed by atoms with van der Waals surface area (Å²) in [4.78, 5) is 16.7. The minimum absolute atomic E-state index is 0.114. The van der Waals surface area contributed by atoms with Gasteiger partial charge in [-0.3, -0.25) is 4.90 Å². The lowest BCUT2D eigenvalue weighted by Gasteiger charge is -2.36. The van der Waals surface area contributed by atoms with Gasteiger partial charge < -0.3 is 25.0 Å². The van der Waals surface area contributed by atoms with Crippen LogP contribution in [0.4, 0.5) is 16.2 Å². The number of amides is 2. The van der Waals surface area contributed by atoms with Gasteiger partial charge in [0.2, 0.25) is 6.79 Å². The van der Waals surface area contributed by atoms with Crippen LogP contribution >= 0.6 is 0 Å². The minimum Gasteiger partial charge on any atom is -0.454 e. The molecule has 2 aromatic carbocycles. The van der Waals surface area contributed by atoms with Gasteiger partial charge in [0, 0.05) is 50.1 Å². The van der Waals surface area contributed by atoms with Gasteiger partial charge in [-0.05, 0) is 54.8 Å². The fraction of sp³-hybridized carbons (Fsp3) is 0.409. The van der Waals surface area contributed by atoms with E-state index in [9.17, 15) is 4.79 Å². The van der Waals surface area contributed by atoms with Crippen molar-refractivity contribution in [2.24, 2.45) is 0 Å². The van der Waals surface area contributed by atoms with Crippen LogP contribution in [0.2, 0.25) is 0 Å². The van der Waals surface area contributed by atoms with Crippen LogP contribution in [0.3, 0.4) is 0 Å². The molecule has 0 bridgehead atoms. The molecule has 0 unspecified atom stereocenters. The van der Waals surface area contributed by atoms with Crippen molar-refractivity contribution < 1.29 is 14.3 Å². The Morgan fingerprint density at radius 3 is 2.48 bits per heavy atom. The lowest BCUT2D eigenvalue weighted by molar-refractivity contribution is 0.174. The number of rotatable bonds is 5. The summed E-state index contributed by atoms with van der Waals surface area (Å²) in [6.07, 6.45) is 2.18. The smallest absolute Gasteiger partial charge is 0.319 e. The van der Waals surface area contributed by atoms with Crippen molar-refractivity contribution in [2.75, 3.05) is 43.2 Å². The zero-order valence-corrected chi connectivity index (χ0v) is 16.4. The molecule has 0 atom stereocenters. The normalized spacial score (nSPS) is 18.6. The van der Waals surface area contributed by atoms with Gasteiger partial charge in [0.1, 0.15) is 0 Å². The zero-order chi connectivity index (χ0) is 19.6. The number of nitrogens with zero attached hydrogens (tertiary/aromatic N) is 2. The van der Waals surface area contributed by atoms with Gasteiger partial charge >= 0.3 is 6.03 Å². The molecule has 29 heavy (non-hydrogen) atoms. The van der Waals surface area contributed by atoms with Crippen molar-refractivity contribution >= 4 is 17.4 Å². The van der Waals surface area contributed by atoms with Gasteiger partial charge in [-0.25, -0.2) is 4.79 Å². The number of piperazine rings is 1. The van der Waals surface area contributed by atoms with Crippen LogP contribution in [-0.4, -0.2) is 49.9 Å². The highest BCUT2D eigenvalue weighted by molar-refractivity contribution is 5.89. The molecule has 1 aliphatic carbocycles. The van der Waals surface area contributed by atoms with Crippen molar-refractivity contribution in [1.82, 2.24) is 10.2 Å². The lowest BCUT2D eigenvalue weighted by Crippen LogP contribution is -2.45. The van der Waals surface area contributed by atoms with Gasteiger partial charge in [-0.15, -0.1) is 0 Å². The third-order valence-corrected chi connectivity index (χ3v) is 5.62. The van der Waals surface area contributed by atoms with Gasteiger partial charge in [0.25, 0.3) is 0 Å². The van der Waals surface area contributed by atoms with E-state index in [2.05, 4.69) is 44.7 Å². The van der Waals surface area contributed by atoms with E-state index < -0.39 is 0 Å². The second-order valence-corrected chi connectivity index (χ2v) is 7.87. The van der Waals surface area contributed by atoms with Crippen molar-refractivity contribution in [3.63, 3.8) is 0 Å². The van der Waals surface area contributed by atoms with Gasteiger partial charge in [-0.2, -0.15) is 0 Å². The maximum Gasteiger partial charge on any atom is 0.319 e. The Kier molecular flexibility index (Phi) is 4.89. The number of fused-ring (bicyclic) bond motifs is 1. The number of benzene rings is 2. The average molecular weight is 394 g/mol. The Morgan fingerprint density at radius 2 is 1.72 bits per heavy atom. The van der Waals surface area contributed by atoms with E-state index in [0.29, 0.717) is 12.8 Å². The van der Waals surface area contributed by atoms with Crippen LogP contribution in [0.25, 0.3) is 0 Å². The summed E-state index contributed by atoms with van der Waals surface area (Å²) in [6, 6.07) is 14.6. The molecule has 5 rings (SSSR count). The molecule has 2 amide bonds. The number of carbonyl (C=O) groups is 1. The predicted octanol–water partition coefficient (Wildman–Crippen LogP) is 3.02. The maximum atomic E-state index is 11.8. The van der Waals surface area contributed by atoms with Gasteiger partial charge in [0.05, 0.1) is 0 Å². The third-order valence-electron chi connectivity index (χ3n) is 5.62. The Labute approximate surface area is 170 Å². The molecule has 3 aliphatic rings. The summed E-state index contributed by atoms with van der Waals surface area (Å²) in [7, 11) is 0. The molecule has 0 aromatic heterocycles. The molecule has 0 spiro atoms. The van der Waals surface area contributed by atoms with Crippen LogP contribution in [0.15, 0.2) is 42.5 Å². The quantitative estimate of drug-likeness (QED) is 0.816. The number of nitrogens with one attached hydrogen (secondary N) is 2. The molecule has 152 valence electrons. The van der Waals surface area contributed by atoms with Crippen LogP contribution in [0, 0.1) is 0 Å². The number of carbonyl (C=O) groups excluding carboxylic acids is 1. The summed E-state index contributed by atoms with van der Waals surface area (Å²) in [6.45, 7) is 5.23. The standard InChI is InChI=1S/C22H26N4O3/c27-22(23-17-2-3-17)24-18-4-6-19(7-5-18)26-11-9-25(10-12-26)14-16-1-8-20-21(13-16)29-15-28-20/h1,4-8,13,17H,2-3,9-12,14-15H2,(H2,23,24,27). The second-order valence-electron chi connectivity index (χ2n) is 7.87. The number of ether oxygens (including phenoxy) is 2. The molecule has 7 heteroatoms. The average Bonchev–Trinajstić information content (AvgIpc) is 3.42. The van der Waals surface area contributed by atoms with Gasteiger partial charge in [-0.1, -0.05) is 6.07 Å². The SMILES string of the molecule is O=C(Nc1ccc(N2CCN(Cc3ccc4c(c3)OCO4)CC2)cc1)NC1CC1. The molecular formula is C22H26N4O3. The van der Waals surface area contributed by atoms with E-state index in [1.165, 1.54) is 11.3 Å². The molecule has 2 aliphatic heterocycles. The van der Waals surface area contributed by atoms with Crippen molar-refractivity contribution in [2.45, 2.75) is 25.4 Å². The highest BCUT2D eigenvalue weighted by Crippen LogP contribution is 2.33. The first-order valence-corrected chi connectivity index (χ1v) is 10.3. The van der Waals surface area contributed by atoms with E-state index in [0.717, 1.165) is 62.8 Å². The molecule has 1 saturated heterocycles. The van der Waals surface area contributed by atoms with Crippen molar-refractivity contribution in [1.29, 1.82) is 0 Å². The summed E-state index contributed by atoms with van der Waals surface area (Å²) < 4.78 is 10.9. The van der Waals surface area contributed by atoms with Crippen molar-refractivity contribution in [3.05, 3.63) is 48.0 Å². The number of anilines is 2. The van der Waals surface area contributed by atoms with E-state index >= 15 is 0 Å². The maximum absolute atomic E-state index is 11.8.